The van der Waals surface area contributed by atoms with E-state index < -0.39 is 5.41 Å². The molecule has 2 aliphatic rings. The number of furan rings is 1. The van der Waals surface area contributed by atoms with Gasteiger partial charge in [-0.2, -0.15) is 0 Å². The van der Waals surface area contributed by atoms with Crippen LogP contribution in [0.3, 0.4) is 0 Å². The molecule has 1 spiro atoms. The Bertz CT molecular complexity index is 4510. The number of hydrogen-bond acceptors (Lipinski definition) is 3. The molecule has 0 saturated carbocycles. The van der Waals surface area contributed by atoms with Crippen molar-refractivity contribution in [2.75, 3.05) is 4.90 Å². The highest BCUT2D eigenvalue weighted by molar-refractivity contribution is 7.26. The van der Waals surface area contributed by atoms with Gasteiger partial charge in [0.15, 0.2) is 0 Å². The van der Waals surface area contributed by atoms with Gasteiger partial charge in [-0.15, -0.1) is 11.3 Å². The number of aromatic nitrogens is 1. The van der Waals surface area contributed by atoms with Gasteiger partial charge in [0.25, 0.3) is 0 Å². The zero-order chi connectivity index (χ0) is 46.4. The maximum atomic E-state index is 6.61. The number of fused-ring (bicyclic) bond motifs is 20. The summed E-state index contributed by atoms with van der Waals surface area (Å²) in [5, 5.41) is 7.19. The second-order valence-corrected chi connectivity index (χ2v) is 20.1. The predicted molar refractivity (Wildman–Crippen MR) is 297 cm³/mol. The van der Waals surface area contributed by atoms with E-state index >= 15 is 0 Å². The summed E-state index contributed by atoms with van der Waals surface area (Å²) >= 11 is 1.88. The van der Waals surface area contributed by atoms with Crippen LogP contribution in [0.25, 0.3) is 103 Å². The Morgan fingerprint density at radius 3 is 1.85 bits per heavy atom. The molecule has 0 N–H and O–H groups in total. The summed E-state index contributed by atoms with van der Waals surface area (Å²) < 4.78 is 11.6. The van der Waals surface area contributed by atoms with Crippen LogP contribution < -0.4 is 4.90 Å². The van der Waals surface area contributed by atoms with E-state index in [1.807, 2.05) is 11.3 Å². The van der Waals surface area contributed by atoms with Crippen LogP contribution in [-0.4, -0.2) is 4.57 Å². The van der Waals surface area contributed by atoms with Crippen molar-refractivity contribution in [2.45, 2.75) is 5.41 Å². The van der Waals surface area contributed by atoms with Gasteiger partial charge in [-0.1, -0.05) is 170 Å². The van der Waals surface area contributed by atoms with E-state index in [4.69, 9.17) is 4.42 Å². The molecule has 4 heteroatoms. The van der Waals surface area contributed by atoms with E-state index in [0.29, 0.717) is 0 Å². The lowest BCUT2D eigenvalue weighted by atomic mass is 9.70. The molecular formula is C67H40N2OS. The Kier molecular flexibility index (Phi) is 7.97. The lowest BCUT2D eigenvalue weighted by molar-refractivity contribution is 0.669. The zero-order valence-corrected chi connectivity index (χ0v) is 39.1. The topological polar surface area (TPSA) is 21.3 Å². The van der Waals surface area contributed by atoms with E-state index in [2.05, 4.69) is 252 Å². The molecule has 0 radical (unpaired) electrons. The van der Waals surface area contributed by atoms with Crippen LogP contribution in [0.1, 0.15) is 22.3 Å². The van der Waals surface area contributed by atoms with Crippen molar-refractivity contribution in [1.29, 1.82) is 0 Å². The standard InChI is InChI=1S/C67H40N2OS/c1-2-18-42(19-3-1)69-57-36-35-44(40-52(57)64-59(69)37-38-61-65(64)51-25-7-12-33-60(51)70-61)68(43-20-14-17-41(39-43)45-26-15-27-49-48-23-8-13-34-62(48)71-66(45)49)58-32-16-31-56-63(58)50-24-6-11-30-55(50)67(56)53-28-9-4-21-46(53)47-22-5-10-29-54(47)67/h1-40H. The number of rotatable bonds is 5. The van der Waals surface area contributed by atoms with Crippen LogP contribution in [-0.2, 0) is 5.41 Å². The minimum absolute atomic E-state index is 0.486. The Balaban J connectivity index is 1.01. The van der Waals surface area contributed by atoms with Crippen LogP contribution >= 0.6 is 11.3 Å². The summed E-state index contributed by atoms with van der Waals surface area (Å²) in [5.74, 6) is 0. The van der Waals surface area contributed by atoms with Crippen molar-refractivity contribution in [1.82, 2.24) is 4.57 Å². The number of thiophene rings is 1. The fourth-order valence-electron chi connectivity index (χ4n) is 12.8. The van der Waals surface area contributed by atoms with Crippen LogP contribution in [0.2, 0.25) is 0 Å². The maximum Gasteiger partial charge on any atom is 0.136 e. The summed E-state index contributed by atoms with van der Waals surface area (Å²) in [6.45, 7) is 0. The third-order valence-corrected chi connectivity index (χ3v) is 16.8. The molecule has 16 rings (SSSR count). The lowest BCUT2D eigenvalue weighted by Crippen LogP contribution is -2.26. The highest BCUT2D eigenvalue weighted by Gasteiger charge is 2.52. The van der Waals surface area contributed by atoms with Gasteiger partial charge < -0.3 is 13.9 Å². The number of benzene rings is 11. The first-order chi connectivity index (χ1) is 35.2. The number of nitrogens with zero attached hydrogens (tertiary/aromatic N) is 2. The molecule has 11 aromatic carbocycles. The van der Waals surface area contributed by atoms with Crippen LogP contribution in [0, 0.1) is 0 Å². The first-order valence-electron chi connectivity index (χ1n) is 24.4. The third kappa shape index (κ3) is 5.21. The molecule has 71 heavy (non-hydrogen) atoms. The van der Waals surface area contributed by atoms with Crippen LogP contribution in [0.15, 0.2) is 247 Å². The van der Waals surface area contributed by atoms with Crippen molar-refractivity contribution >= 4 is 92.3 Å². The molecule has 3 aromatic heterocycles. The fraction of sp³-hybridized carbons (Fsp3) is 0.0149. The fourth-order valence-corrected chi connectivity index (χ4v) is 14.1. The quantitative estimate of drug-likeness (QED) is 0.172. The zero-order valence-electron chi connectivity index (χ0n) is 38.3. The first kappa shape index (κ1) is 38.9. The molecule has 0 saturated heterocycles. The Labute approximate surface area is 413 Å². The van der Waals surface area contributed by atoms with Gasteiger partial charge in [0, 0.05) is 64.3 Å². The van der Waals surface area contributed by atoms with Gasteiger partial charge in [-0.3, -0.25) is 0 Å². The lowest BCUT2D eigenvalue weighted by Gasteiger charge is -2.32. The van der Waals surface area contributed by atoms with E-state index in [0.717, 1.165) is 61.1 Å². The highest BCUT2D eigenvalue weighted by atomic mass is 32.1. The van der Waals surface area contributed by atoms with E-state index in [1.165, 1.54) is 81.2 Å². The molecule has 0 amide bonds. The van der Waals surface area contributed by atoms with Crippen molar-refractivity contribution in [3.8, 4) is 39.1 Å². The molecule has 0 atom stereocenters. The van der Waals surface area contributed by atoms with E-state index in [9.17, 15) is 0 Å². The van der Waals surface area contributed by atoms with E-state index in [1.54, 1.807) is 0 Å². The number of anilines is 3. The molecule has 0 bridgehead atoms. The summed E-state index contributed by atoms with van der Waals surface area (Å²) in [7, 11) is 0. The van der Waals surface area contributed by atoms with Gasteiger partial charge in [0.2, 0.25) is 0 Å². The Morgan fingerprint density at radius 1 is 0.394 bits per heavy atom. The van der Waals surface area contributed by atoms with Crippen molar-refractivity contribution in [3.63, 3.8) is 0 Å². The Hall–Kier alpha value is -8.96. The largest absolute Gasteiger partial charge is 0.456 e. The van der Waals surface area contributed by atoms with Crippen molar-refractivity contribution in [3.05, 3.63) is 265 Å². The predicted octanol–water partition coefficient (Wildman–Crippen LogP) is 18.5. The van der Waals surface area contributed by atoms with Crippen molar-refractivity contribution in [2.24, 2.45) is 0 Å². The van der Waals surface area contributed by atoms with Gasteiger partial charge in [0.05, 0.1) is 22.1 Å². The third-order valence-electron chi connectivity index (χ3n) is 15.6. The van der Waals surface area contributed by atoms with Gasteiger partial charge in [-0.05, 0) is 123 Å². The van der Waals surface area contributed by atoms with Crippen LogP contribution in [0.5, 0.6) is 0 Å². The number of para-hydroxylation sites is 2. The average Bonchev–Trinajstić information content (AvgIpc) is 4.23. The summed E-state index contributed by atoms with van der Waals surface area (Å²) in [5.41, 5.74) is 20.8. The summed E-state index contributed by atoms with van der Waals surface area (Å²) in [6, 6.07) is 89.9. The maximum absolute atomic E-state index is 6.61. The monoisotopic (exact) mass is 920 g/mol. The summed E-state index contributed by atoms with van der Waals surface area (Å²) in [6.07, 6.45) is 0. The minimum atomic E-state index is -0.486. The molecule has 0 fully saturated rings. The average molecular weight is 921 g/mol. The van der Waals surface area contributed by atoms with Gasteiger partial charge in [0.1, 0.15) is 11.2 Å². The van der Waals surface area contributed by atoms with Gasteiger partial charge >= 0.3 is 0 Å². The first-order valence-corrected chi connectivity index (χ1v) is 25.2. The molecule has 3 heterocycles. The van der Waals surface area contributed by atoms with E-state index in [-0.39, 0.29) is 0 Å². The van der Waals surface area contributed by atoms with Crippen molar-refractivity contribution < 1.29 is 4.42 Å². The molecule has 0 aliphatic heterocycles. The molecule has 3 nitrogen and oxygen atoms in total. The molecular weight excluding hydrogens is 881 g/mol. The van der Waals surface area contributed by atoms with Gasteiger partial charge in [-0.25, -0.2) is 0 Å². The molecule has 0 unspecified atom stereocenters. The highest BCUT2D eigenvalue weighted by Crippen LogP contribution is 2.65. The molecule has 2 aliphatic carbocycles. The smallest absolute Gasteiger partial charge is 0.136 e. The minimum Gasteiger partial charge on any atom is -0.456 e. The second kappa shape index (κ2) is 14.5. The van der Waals surface area contributed by atoms with Crippen LogP contribution in [0.4, 0.5) is 17.1 Å². The Morgan fingerprint density at radius 2 is 1.01 bits per heavy atom. The molecule has 14 aromatic rings. The molecule has 330 valence electrons. The normalized spacial score (nSPS) is 13.2. The summed E-state index contributed by atoms with van der Waals surface area (Å²) in [4.78, 5) is 2.54. The number of hydrogen-bond donors (Lipinski definition) is 0. The second-order valence-electron chi connectivity index (χ2n) is 19.1. The SMILES string of the molecule is c1ccc(-n2c3ccc(N(c4cccc(-c5cccc6c5sc5ccccc56)c4)c4cccc5c4-c4ccccc4C54c5ccccc5-c5ccccc54)cc3c3c4c(ccc32)oc2ccccc24)cc1.